The largest absolute Gasteiger partial charge is 0.385 e. The number of nitrogens with one attached hydrogen (secondary N) is 1. The third kappa shape index (κ3) is 3.60. The molecule has 0 spiro atoms. The smallest absolute Gasteiger partial charge is 0.0380 e. The Balaban J connectivity index is 1.91. The fraction of sp³-hybridized carbons (Fsp3) is 0.600. The van der Waals surface area contributed by atoms with E-state index >= 15 is 0 Å². The molecule has 2 atom stereocenters. The highest BCUT2D eigenvalue weighted by atomic mass is 127. The van der Waals surface area contributed by atoms with Gasteiger partial charge in [0.05, 0.1) is 0 Å². The van der Waals surface area contributed by atoms with Crippen molar-refractivity contribution in [1.82, 2.24) is 0 Å². The van der Waals surface area contributed by atoms with Crippen LogP contribution in [0.2, 0.25) is 0 Å². The van der Waals surface area contributed by atoms with Crippen LogP contribution in [0.3, 0.4) is 0 Å². The van der Waals surface area contributed by atoms with Crippen LogP contribution < -0.4 is 5.32 Å². The van der Waals surface area contributed by atoms with Crippen molar-refractivity contribution in [3.63, 3.8) is 0 Å². The van der Waals surface area contributed by atoms with Crippen LogP contribution in [0.4, 0.5) is 5.69 Å². The highest BCUT2D eigenvalue weighted by Crippen LogP contribution is 2.29. The number of anilines is 1. The maximum atomic E-state index is 3.64. The van der Waals surface area contributed by atoms with Crippen LogP contribution in [-0.4, -0.2) is 6.54 Å². The van der Waals surface area contributed by atoms with Crippen molar-refractivity contribution in [2.24, 2.45) is 11.8 Å². The maximum absolute atomic E-state index is 3.64. The van der Waals surface area contributed by atoms with Crippen LogP contribution in [-0.2, 0) is 0 Å². The lowest BCUT2D eigenvalue weighted by Crippen LogP contribution is -2.21. The van der Waals surface area contributed by atoms with Gasteiger partial charge in [0.25, 0.3) is 0 Å². The van der Waals surface area contributed by atoms with E-state index in [1.165, 1.54) is 40.5 Å². The van der Waals surface area contributed by atoms with E-state index < -0.39 is 0 Å². The number of halogens is 1. The molecule has 1 fully saturated rings. The fourth-order valence-electron chi connectivity index (χ4n) is 2.80. The first-order valence-electron chi connectivity index (χ1n) is 6.66. The van der Waals surface area contributed by atoms with Crippen molar-refractivity contribution in [1.29, 1.82) is 0 Å². The lowest BCUT2D eigenvalue weighted by atomic mass is 9.82. The Labute approximate surface area is 119 Å². The molecule has 2 unspecified atom stereocenters. The minimum atomic E-state index is 0.871. The Kier molecular flexibility index (Phi) is 4.71. The number of benzene rings is 1. The molecule has 2 heteroatoms. The van der Waals surface area contributed by atoms with E-state index in [1.54, 1.807) is 0 Å². The topological polar surface area (TPSA) is 12.0 Å². The third-order valence-corrected chi connectivity index (χ3v) is 5.06. The molecule has 1 aliphatic rings. The van der Waals surface area contributed by atoms with Crippen LogP contribution >= 0.6 is 22.6 Å². The quantitative estimate of drug-likeness (QED) is 0.775. The zero-order valence-electron chi connectivity index (χ0n) is 10.8. The van der Waals surface area contributed by atoms with Gasteiger partial charge in [-0.3, -0.25) is 0 Å². The zero-order valence-corrected chi connectivity index (χ0v) is 13.0. The normalized spacial score (nSPS) is 24.6. The first-order chi connectivity index (χ1) is 8.16. The predicted octanol–water partition coefficient (Wildman–Crippen LogP) is 4.84. The second-order valence-corrected chi connectivity index (χ2v) is 6.59. The zero-order chi connectivity index (χ0) is 12.3. The Hall–Kier alpha value is -0.250. The van der Waals surface area contributed by atoms with Gasteiger partial charge >= 0.3 is 0 Å². The average molecular weight is 343 g/mol. The molecule has 0 saturated heterocycles. The Morgan fingerprint density at radius 3 is 2.94 bits per heavy atom. The standard InChI is InChI=1S/C15H22IN/c1-11-5-3-6-13(9-11)10-17-15-8-4-7-14(16)12(15)2/h4,7-8,11,13,17H,3,5-6,9-10H2,1-2H3. The summed E-state index contributed by atoms with van der Waals surface area (Å²) in [5.74, 6) is 1.79. The molecule has 1 aromatic carbocycles. The van der Waals surface area contributed by atoms with Crippen LogP contribution in [0.25, 0.3) is 0 Å². The summed E-state index contributed by atoms with van der Waals surface area (Å²) < 4.78 is 1.35. The highest BCUT2D eigenvalue weighted by molar-refractivity contribution is 14.1. The van der Waals surface area contributed by atoms with Crippen molar-refractivity contribution in [3.05, 3.63) is 27.3 Å². The van der Waals surface area contributed by atoms with Gasteiger partial charge in [0, 0.05) is 15.8 Å². The molecule has 0 radical (unpaired) electrons. The van der Waals surface area contributed by atoms with Crippen molar-refractivity contribution in [2.45, 2.75) is 39.5 Å². The molecule has 2 rings (SSSR count). The van der Waals surface area contributed by atoms with Gasteiger partial charge in [-0.25, -0.2) is 0 Å². The summed E-state index contributed by atoms with van der Waals surface area (Å²) in [4.78, 5) is 0. The van der Waals surface area contributed by atoms with Gasteiger partial charge < -0.3 is 5.32 Å². The Morgan fingerprint density at radius 2 is 2.18 bits per heavy atom. The van der Waals surface area contributed by atoms with Gasteiger partial charge in [-0.05, 0) is 71.9 Å². The molecule has 0 aromatic heterocycles. The summed E-state index contributed by atoms with van der Waals surface area (Å²) in [7, 11) is 0. The molecule has 0 bridgehead atoms. The van der Waals surface area contributed by atoms with E-state index in [1.807, 2.05) is 0 Å². The van der Waals surface area contributed by atoms with Gasteiger partial charge in [0.1, 0.15) is 0 Å². The van der Waals surface area contributed by atoms with Crippen LogP contribution in [0.15, 0.2) is 18.2 Å². The van der Waals surface area contributed by atoms with Gasteiger partial charge in [0.2, 0.25) is 0 Å². The van der Waals surface area contributed by atoms with Crippen LogP contribution in [0.5, 0.6) is 0 Å². The van der Waals surface area contributed by atoms with E-state index in [2.05, 4.69) is 60.0 Å². The molecule has 94 valence electrons. The molecule has 1 aliphatic carbocycles. The molecule has 1 aromatic rings. The molecule has 0 heterocycles. The third-order valence-electron chi connectivity index (χ3n) is 3.89. The SMILES string of the molecule is Cc1c(I)cccc1NCC1CCCC(C)C1. The summed E-state index contributed by atoms with van der Waals surface area (Å²) in [6.07, 6.45) is 5.65. The summed E-state index contributed by atoms with van der Waals surface area (Å²) in [5.41, 5.74) is 2.70. The Morgan fingerprint density at radius 1 is 1.35 bits per heavy atom. The predicted molar refractivity (Wildman–Crippen MR) is 83.5 cm³/mol. The summed E-state index contributed by atoms with van der Waals surface area (Å²) >= 11 is 2.41. The maximum Gasteiger partial charge on any atom is 0.0380 e. The number of hydrogen-bond donors (Lipinski definition) is 1. The van der Waals surface area contributed by atoms with Crippen LogP contribution in [0, 0.1) is 22.3 Å². The van der Waals surface area contributed by atoms with Gasteiger partial charge in [-0.1, -0.05) is 25.8 Å². The molecular weight excluding hydrogens is 321 g/mol. The van der Waals surface area contributed by atoms with Gasteiger partial charge in [-0.15, -0.1) is 0 Å². The van der Waals surface area contributed by atoms with Gasteiger partial charge in [0.15, 0.2) is 0 Å². The van der Waals surface area contributed by atoms with Crippen LogP contribution in [0.1, 0.15) is 38.2 Å². The summed E-state index contributed by atoms with van der Waals surface area (Å²) in [5, 5.41) is 3.64. The molecular formula is C15H22IN. The second-order valence-electron chi connectivity index (χ2n) is 5.43. The monoisotopic (exact) mass is 343 g/mol. The first-order valence-corrected chi connectivity index (χ1v) is 7.73. The van der Waals surface area contributed by atoms with Crippen molar-refractivity contribution < 1.29 is 0 Å². The molecule has 0 aliphatic heterocycles. The molecule has 1 N–H and O–H groups in total. The number of rotatable bonds is 3. The lowest BCUT2D eigenvalue weighted by molar-refractivity contribution is 0.293. The summed E-state index contributed by atoms with van der Waals surface area (Å²) in [6.45, 7) is 5.74. The minimum absolute atomic E-state index is 0.871. The second kappa shape index (κ2) is 6.07. The Bertz CT molecular complexity index is 375. The van der Waals surface area contributed by atoms with E-state index in [9.17, 15) is 0 Å². The summed E-state index contributed by atoms with van der Waals surface area (Å²) in [6, 6.07) is 6.51. The van der Waals surface area contributed by atoms with E-state index in [-0.39, 0.29) is 0 Å². The average Bonchev–Trinajstić information content (AvgIpc) is 2.31. The van der Waals surface area contributed by atoms with E-state index in [0.717, 1.165) is 18.4 Å². The fourth-order valence-corrected chi connectivity index (χ4v) is 3.30. The van der Waals surface area contributed by atoms with Crippen molar-refractivity contribution in [2.75, 3.05) is 11.9 Å². The first kappa shape index (κ1) is 13.2. The van der Waals surface area contributed by atoms with E-state index in [4.69, 9.17) is 0 Å². The van der Waals surface area contributed by atoms with Gasteiger partial charge in [-0.2, -0.15) is 0 Å². The van der Waals surface area contributed by atoms with E-state index in [0.29, 0.717) is 0 Å². The molecule has 1 saturated carbocycles. The van der Waals surface area contributed by atoms with Crippen molar-refractivity contribution in [3.8, 4) is 0 Å². The minimum Gasteiger partial charge on any atom is -0.385 e. The molecule has 17 heavy (non-hydrogen) atoms. The molecule has 1 nitrogen and oxygen atoms in total. The highest BCUT2D eigenvalue weighted by Gasteiger charge is 2.18. The lowest BCUT2D eigenvalue weighted by Gasteiger charge is -2.27. The van der Waals surface area contributed by atoms with Crippen molar-refractivity contribution >= 4 is 28.3 Å². The molecule has 0 amide bonds. The number of hydrogen-bond acceptors (Lipinski definition) is 1.